The Morgan fingerprint density at radius 2 is 1.93 bits per heavy atom. The Morgan fingerprint density at radius 1 is 1.24 bits per heavy atom. The van der Waals surface area contributed by atoms with Gasteiger partial charge in [0.05, 0.1) is 34.5 Å². The highest BCUT2D eigenvalue weighted by molar-refractivity contribution is 7.19. The zero-order valence-electron chi connectivity index (χ0n) is 16.4. The van der Waals surface area contributed by atoms with E-state index in [0.717, 1.165) is 34.0 Å². The number of morpholine rings is 1. The Balaban J connectivity index is 1.66. The topological polar surface area (TPSA) is 93.1 Å². The Morgan fingerprint density at radius 3 is 2.59 bits per heavy atom. The van der Waals surface area contributed by atoms with E-state index in [2.05, 4.69) is 30.2 Å². The molecule has 0 radical (unpaired) electrons. The van der Waals surface area contributed by atoms with Gasteiger partial charge in [-0.05, 0) is 38.4 Å². The minimum atomic E-state index is -0.460. The molecule has 0 saturated carbocycles. The summed E-state index contributed by atoms with van der Waals surface area (Å²) in [6.07, 6.45) is 3.06. The molecule has 1 fully saturated rings. The molecule has 1 aliphatic rings. The van der Waals surface area contributed by atoms with E-state index in [4.69, 9.17) is 16.3 Å². The van der Waals surface area contributed by atoms with Gasteiger partial charge in [-0.25, -0.2) is 15.0 Å². The van der Waals surface area contributed by atoms with Crippen molar-refractivity contribution >= 4 is 50.7 Å². The first-order chi connectivity index (χ1) is 13.8. The lowest BCUT2D eigenvalue weighted by Crippen LogP contribution is -2.36. The number of rotatable bonds is 5. The van der Waals surface area contributed by atoms with Gasteiger partial charge >= 0.3 is 0 Å². The van der Waals surface area contributed by atoms with Crippen LogP contribution in [0.25, 0.3) is 10.2 Å². The van der Waals surface area contributed by atoms with Crippen LogP contribution in [-0.4, -0.2) is 52.0 Å². The zero-order chi connectivity index (χ0) is 20.6. The number of thiophene rings is 1. The van der Waals surface area contributed by atoms with Gasteiger partial charge in [0.1, 0.15) is 0 Å². The molecule has 3 aromatic heterocycles. The van der Waals surface area contributed by atoms with Crippen molar-refractivity contribution in [2.45, 2.75) is 26.3 Å². The minimum Gasteiger partial charge on any atom is -0.378 e. The third-order valence-corrected chi connectivity index (χ3v) is 6.35. The van der Waals surface area contributed by atoms with Crippen molar-refractivity contribution in [1.29, 1.82) is 0 Å². The van der Waals surface area contributed by atoms with Crippen molar-refractivity contribution in [1.82, 2.24) is 19.9 Å². The summed E-state index contributed by atoms with van der Waals surface area (Å²) < 4.78 is 6.45. The van der Waals surface area contributed by atoms with Crippen molar-refractivity contribution in [2.24, 2.45) is 0 Å². The van der Waals surface area contributed by atoms with Gasteiger partial charge in [-0.3, -0.25) is 4.79 Å². The first kappa shape index (κ1) is 19.9. The van der Waals surface area contributed by atoms with Crippen molar-refractivity contribution in [2.75, 3.05) is 36.5 Å². The van der Waals surface area contributed by atoms with Crippen LogP contribution in [0, 0.1) is 0 Å². The molecule has 1 aliphatic heterocycles. The number of Topliss-reactive ketones (excluding diaryl/α,β-unsaturated/α-hetero) is 1. The molecule has 0 bridgehead atoms. The zero-order valence-corrected chi connectivity index (χ0v) is 18.0. The molecule has 152 valence electrons. The van der Waals surface area contributed by atoms with Gasteiger partial charge in [0, 0.05) is 30.4 Å². The minimum absolute atomic E-state index is 0.0635. The Bertz CT molecular complexity index is 1050. The summed E-state index contributed by atoms with van der Waals surface area (Å²) >= 11 is 7.82. The van der Waals surface area contributed by atoms with Gasteiger partial charge in [-0.15, -0.1) is 11.3 Å². The van der Waals surface area contributed by atoms with Gasteiger partial charge in [0.15, 0.2) is 11.6 Å². The normalized spacial score (nSPS) is 15.0. The summed E-state index contributed by atoms with van der Waals surface area (Å²) in [5, 5.41) is 3.57. The summed E-state index contributed by atoms with van der Waals surface area (Å²) in [6, 6.07) is 2.02. The molecule has 4 rings (SSSR count). The lowest BCUT2D eigenvalue weighted by molar-refractivity contribution is 0.101. The number of anilines is 2. The summed E-state index contributed by atoms with van der Waals surface area (Å²) in [6.45, 7) is 8.46. The summed E-state index contributed by atoms with van der Waals surface area (Å²) in [5.74, 6) is 1.23. The maximum Gasteiger partial charge on any atom is 0.224 e. The monoisotopic (exact) mass is 432 g/mol. The molecule has 0 aromatic carbocycles. The summed E-state index contributed by atoms with van der Waals surface area (Å²) in [4.78, 5) is 32.1. The molecule has 0 atom stereocenters. The van der Waals surface area contributed by atoms with Gasteiger partial charge in [-0.2, -0.15) is 4.98 Å². The van der Waals surface area contributed by atoms with Crippen LogP contribution in [0.5, 0.6) is 0 Å². The molecule has 0 spiro atoms. The van der Waals surface area contributed by atoms with Gasteiger partial charge in [-0.1, -0.05) is 0 Å². The smallest absolute Gasteiger partial charge is 0.224 e. The van der Waals surface area contributed by atoms with E-state index in [1.165, 1.54) is 19.3 Å². The lowest BCUT2D eigenvalue weighted by atomic mass is 10.0. The van der Waals surface area contributed by atoms with E-state index in [-0.39, 0.29) is 11.1 Å². The van der Waals surface area contributed by atoms with Crippen LogP contribution in [0.3, 0.4) is 0 Å². The van der Waals surface area contributed by atoms with Gasteiger partial charge in [0.2, 0.25) is 11.2 Å². The number of fused-ring (bicyclic) bond motifs is 1. The number of carbonyl (C=O) groups is 1. The number of hydrogen-bond acceptors (Lipinski definition) is 9. The van der Waals surface area contributed by atoms with Gasteiger partial charge in [0.25, 0.3) is 0 Å². The number of hydrogen-bond donors (Lipinski definition) is 1. The molecule has 4 heterocycles. The molecule has 3 aromatic rings. The predicted molar refractivity (Wildman–Crippen MR) is 114 cm³/mol. The Labute approximate surface area is 177 Å². The average Bonchev–Trinajstić information content (AvgIpc) is 3.13. The maximum absolute atomic E-state index is 11.4. The van der Waals surface area contributed by atoms with Crippen LogP contribution >= 0.6 is 22.9 Å². The quantitative estimate of drug-likeness (QED) is 0.483. The number of aromatic nitrogens is 4. The Hall–Kier alpha value is -2.36. The van der Waals surface area contributed by atoms with Crippen molar-refractivity contribution < 1.29 is 9.53 Å². The van der Waals surface area contributed by atoms with E-state index in [1.54, 1.807) is 11.3 Å². The highest BCUT2D eigenvalue weighted by Crippen LogP contribution is 2.38. The van der Waals surface area contributed by atoms with Crippen LogP contribution in [0.2, 0.25) is 5.28 Å². The molecule has 10 heteroatoms. The molecule has 1 saturated heterocycles. The van der Waals surface area contributed by atoms with Crippen LogP contribution in [0.15, 0.2) is 18.5 Å². The molecular weight excluding hydrogens is 412 g/mol. The van der Waals surface area contributed by atoms with Crippen LogP contribution in [0.1, 0.15) is 36.0 Å². The first-order valence-electron chi connectivity index (χ1n) is 9.25. The Kier molecular flexibility index (Phi) is 5.37. The molecule has 1 N–H and O–H groups in total. The fourth-order valence-electron chi connectivity index (χ4n) is 3.10. The number of nitrogens with one attached hydrogen (secondary N) is 1. The number of nitrogens with zero attached hydrogens (tertiary/aromatic N) is 5. The molecule has 0 unspecified atom stereocenters. The van der Waals surface area contributed by atoms with Crippen molar-refractivity contribution in [3.05, 3.63) is 34.2 Å². The highest BCUT2D eigenvalue weighted by atomic mass is 35.5. The molecule has 8 nitrogen and oxygen atoms in total. The summed E-state index contributed by atoms with van der Waals surface area (Å²) in [7, 11) is 0. The first-order valence-corrected chi connectivity index (χ1v) is 10.4. The standard InChI is InChI=1S/C19H21ClN6O2S/c1-11(27)12-9-21-18(22-10-12)25-19(2,3)14-8-13-15(29-14)16(24-17(20)23-13)26-4-6-28-7-5-26/h8-10H,4-7H2,1-3H3,(H,21,22,25). The largest absolute Gasteiger partial charge is 0.378 e. The number of ether oxygens (including phenoxy) is 1. The highest BCUT2D eigenvalue weighted by Gasteiger charge is 2.27. The number of halogens is 1. The van der Waals surface area contributed by atoms with E-state index >= 15 is 0 Å². The van der Waals surface area contributed by atoms with E-state index in [1.807, 2.05) is 19.9 Å². The number of ketones is 1. The fourth-order valence-corrected chi connectivity index (χ4v) is 4.44. The predicted octanol–water partition coefficient (Wildman–Crippen LogP) is 3.52. The maximum atomic E-state index is 11.4. The van der Waals surface area contributed by atoms with Crippen LogP contribution in [0.4, 0.5) is 11.8 Å². The second-order valence-corrected chi connectivity index (χ2v) is 8.73. The van der Waals surface area contributed by atoms with Crippen LogP contribution in [-0.2, 0) is 10.3 Å². The van der Waals surface area contributed by atoms with E-state index in [9.17, 15) is 4.79 Å². The van der Waals surface area contributed by atoms with Crippen molar-refractivity contribution in [3.8, 4) is 0 Å². The molecule has 0 aliphatic carbocycles. The summed E-state index contributed by atoms with van der Waals surface area (Å²) in [5.41, 5.74) is 0.835. The third kappa shape index (κ3) is 4.17. The second-order valence-electron chi connectivity index (χ2n) is 7.34. The molecule has 29 heavy (non-hydrogen) atoms. The van der Waals surface area contributed by atoms with E-state index < -0.39 is 5.54 Å². The van der Waals surface area contributed by atoms with Crippen LogP contribution < -0.4 is 10.2 Å². The average molecular weight is 433 g/mol. The number of carbonyl (C=O) groups excluding carboxylic acids is 1. The lowest BCUT2D eigenvalue weighted by Gasteiger charge is -2.28. The second kappa shape index (κ2) is 7.81. The third-order valence-electron chi connectivity index (χ3n) is 4.74. The molecular formula is C19H21ClN6O2S. The van der Waals surface area contributed by atoms with Gasteiger partial charge < -0.3 is 15.0 Å². The fraction of sp³-hybridized carbons (Fsp3) is 0.421. The SMILES string of the molecule is CC(=O)c1cnc(NC(C)(C)c2cc3nc(Cl)nc(N4CCOCC4)c3s2)nc1. The molecule has 0 amide bonds. The van der Waals surface area contributed by atoms with E-state index in [0.29, 0.717) is 24.7 Å². The van der Waals surface area contributed by atoms with Crippen molar-refractivity contribution in [3.63, 3.8) is 0 Å².